The maximum atomic E-state index is 12.4. The highest BCUT2D eigenvalue weighted by molar-refractivity contribution is 5.80. The van der Waals surface area contributed by atoms with Gasteiger partial charge >= 0.3 is 5.97 Å². The fraction of sp³-hybridized carbons (Fsp3) is 0.846. The monoisotopic (exact) mass is 254 g/mol. The number of hydrogen-bond donors (Lipinski definition) is 1. The van der Waals surface area contributed by atoms with Crippen molar-refractivity contribution in [2.24, 2.45) is 11.8 Å². The Morgan fingerprint density at radius 3 is 2.56 bits per heavy atom. The first-order valence-corrected chi connectivity index (χ1v) is 6.79. The van der Waals surface area contributed by atoms with Gasteiger partial charge in [0.15, 0.2) is 0 Å². The molecule has 0 radical (unpaired) electrons. The minimum Gasteiger partial charge on any atom is -0.469 e. The lowest BCUT2D eigenvalue weighted by atomic mass is 9.93. The SMILES string of the molecule is COC(=O)C1CCCN(C(=O)C2CCNCC2)C1. The van der Waals surface area contributed by atoms with Crippen molar-refractivity contribution in [2.75, 3.05) is 33.3 Å². The molecule has 1 atom stereocenters. The van der Waals surface area contributed by atoms with E-state index in [1.165, 1.54) is 7.11 Å². The number of hydrogen-bond acceptors (Lipinski definition) is 4. The van der Waals surface area contributed by atoms with Crippen molar-refractivity contribution in [2.45, 2.75) is 25.7 Å². The zero-order chi connectivity index (χ0) is 13.0. The average molecular weight is 254 g/mol. The molecule has 0 spiro atoms. The minimum atomic E-state index is -0.183. The van der Waals surface area contributed by atoms with Crippen molar-refractivity contribution in [1.82, 2.24) is 10.2 Å². The molecule has 1 amide bonds. The summed E-state index contributed by atoms with van der Waals surface area (Å²) >= 11 is 0. The number of likely N-dealkylation sites (tertiary alicyclic amines) is 1. The summed E-state index contributed by atoms with van der Waals surface area (Å²) in [6, 6.07) is 0. The predicted molar refractivity (Wildman–Crippen MR) is 66.9 cm³/mol. The highest BCUT2D eigenvalue weighted by Crippen LogP contribution is 2.22. The molecule has 0 aliphatic carbocycles. The van der Waals surface area contributed by atoms with Crippen LogP contribution in [0, 0.1) is 11.8 Å². The Balaban J connectivity index is 1.91. The van der Waals surface area contributed by atoms with Crippen LogP contribution in [0.4, 0.5) is 0 Å². The van der Waals surface area contributed by atoms with Gasteiger partial charge in [-0.25, -0.2) is 0 Å². The summed E-state index contributed by atoms with van der Waals surface area (Å²) in [4.78, 5) is 25.8. The molecule has 0 bridgehead atoms. The summed E-state index contributed by atoms with van der Waals surface area (Å²) in [6.45, 7) is 3.17. The van der Waals surface area contributed by atoms with Crippen molar-refractivity contribution in [3.05, 3.63) is 0 Å². The van der Waals surface area contributed by atoms with E-state index in [0.29, 0.717) is 6.54 Å². The highest BCUT2D eigenvalue weighted by atomic mass is 16.5. The van der Waals surface area contributed by atoms with E-state index in [9.17, 15) is 9.59 Å². The molecule has 18 heavy (non-hydrogen) atoms. The highest BCUT2D eigenvalue weighted by Gasteiger charge is 2.32. The Kier molecular flexibility index (Phi) is 4.58. The number of nitrogens with zero attached hydrogens (tertiary/aromatic N) is 1. The number of methoxy groups -OCH3 is 1. The van der Waals surface area contributed by atoms with Crippen LogP contribution >= 0.6 is 0 Å². The van der Waals surface area contributed by atoms with Gasteiger partial charge in [0.1, 0.15) is 0 Å². The summed E-state index contributed by atoms with van der Waals surface area (Å²) in [6.07, 6.45) is 3.57. The Labute approximate surface area is 108 Å². The molecule has 0 aromatic carbocycles. The van der Waals surface area contributed by atoms with Gasteiger partial charge in [0.2, 0.25) is 5.91 Å². The van der Waals surface area contributed by atoms with Crippen LogP contribution in [-0.4, -0.2) is 50.1 Å². The Morgan fingerprint density at radius 2 is 1.89 bits per heavy atom. The van der Waals surface area contributed by atoms with Gasteiger partial charge in [-0.15, -0.1) is 0 Å². The zero-order valence-corrected chi connectivity index (χ0v) is 11.0. The van der Waals surface area contributed by atoms with E-state index >= 15 is 0 Å². The molecule has 2 heterocycles. The number of nitrogens with one attached hydrogen (secondary N) is 1. The summed E-state index contributed by atoms with van der Waals surface area (Å²) in [5.74, 6) is 0.0555. The van der Waals surface area contributed by atoms with Crippen LogP contribution in [0.3, 0.4) is 0 Å². The lowest BCUT2D eigenvalue weighted by Crippen LogP contribution is -2.47. The molecular weight excluding hydrogens is 232 g/mol. The molecular formula is C13H22N2O3. The lowest BCUT2D eigenvalue weighted by Gasteiger charge is -2.35. The number of ether oxygens (including phenoxy) is 1. The average Bonchev–Trinajstić information content (AvgIpc) is 2.46. The molecule has 5 heteroatoms. The molecule has 2 saturated heterocycles. The van der Waals surface area contributed by atoms with Crippen molar-refractivity contribution in [1.29, 1.82) is 0 Å². The summed E-state index contributed by atoms with van der Waals surface area (Å²) in [5.41, 5.74) is 0. The molecule has 0 aromatic rings. The minimum absolute atomic E-state index is 0.130. The number of carbonyl (C=O) groups excluding carboxylic acids is 2. The van der Waals surface area contributed by atoms with Crippen LogP contribution in [0.5, 0.6) is 0 Å². The van der Waals surface area contributed by atoms with Gasteiger partial charge in [-0.05, 0) is 38.8 Å². The second kappa shape index (κ2) is 6.18. The van der Waals surface area contributed by atoms with Crippen LogP contribution in [0.2, 0.25) is 0 Å². The first kappa shape index (κ1) is 13.3. The number of carbonyl (C=O) groups is 2. The maximum Gasteiger partial charge on any atom is 0.310 e. The summed E-state index contributed by atoms with van der Waals surface area (Å²) in [7, 11) is 1.41. The van der Waals surface area contributed by atoms with Gasteiger partial charge in [0, 0.05) is 19.0 Å². The molecule has 2 fully saturated rings. The number of rotatable bonds is 2. The van der Waals surface area contributed by atoms with Gasteiger partial charge < -0.3 is 15.0 Å². The van der Waals surface area contributed by atoms with Gasteiger partial charge in [-0.1, -0.05) is 0 Å². The second-order valence-electron chi connectivity index (χ2n) is 5.17. The first-order valence-electron chi connectivity index (χ1n) is 6.79. The van der Waals surface area contributed by atoms with Gasteiger partial charge in [-0.2, -0.15) is 0 Å². The number of esters is 1. The topological polar surface area (TPSA) is 58.6 Å². The second-order valence-corrected chi connectivity index (χ2v) is 5.17. The van der Waals surface area contributed by atoms with Crippen molar-refractivity contribution in [3.63, 3.8) is 0 Å². The van der Waals surface area contributed by atoms with E-state index < -0.39 is 0 Å². The molecule has 2 aliphatic heterocycles. The molecule has 1 N–H and O–H groups in total. The van der Waals surface area contributed by atoms with E-state index in [-0.39, 0.29) is 23.7 Å². The first-order chi connectivity index (χ1) is 8.72. The van der Waals surface area contributed by atoms with Crippen molar-refractivity contribution < 1.29 is 14.3 Å². The Bertz CT molecular complexity index is 313. The Morgan fingerprint density at radius 1 is 1.17 bits per heavy atom. The third kappa shape index (κ3) is 3.02. The molecule has 2 aliphatic rings. The molecule has 0 aromatic heterocycles. The zero-order valence-electron chi connectivity index (χ0n) is 11.0. The fourth-order valence-corrected chi connectivity index (χ4v) is 2.86. The lowest BCUT2D eigenvalue weighted by molar-refractivity contribution is -0.150. The largest absolute Gasteiger partial charge is 0.469 e. The fourth-order valence-electron chi connectivity index (χ4n) is 2.86. The van der Waals surface area contributed by atoms with Gasteiger partial charge in [0.05, 0.1) is 13.0 Å². The van der Waals surface area contributed by atoms with Crippen molar-refractivity contribution >= 4 is 11.9 Å². The van der Waals surface area contributed by atoms with E-state index in [4.69, 9.17) is 4.74 Å². The predicted octanol–water partition coefficient (Wildman–Crippen LogP) is 0.398. The van der Waals surface area contributed by atoms with Gasteiger partial charge in [0.25, 0.3) is 0 Å². The molecule has 2 rings (SSSR count). The quantitative estimate of drug-likeness (QED) is 0.725. The van der Waals surface area contributed by atoms with Crippen LogP contribution in [0.1, 0.15) is 25.7 Å². The molecule has 0 saturated carbocycles. The number of amides is 1. The van der Waals surface area contributed by atoms with Gasteiger partial charge in [-0.3, -0.25) is 9.59 Å². The van der Waals surface area contributed by atoms with Crippen LogP contribution in [0.25, 0.3) is 0 Å². The molecule has 102 valence electrons. The number of piperidine rings is 2. The normalized spacial score (nSPS) is 25.8. The standard InChI is InChI=1S/C13H22N2O3/c1-18-13(17)11-3-2-8-15(9-11)12(16)10-4-6-14-7-5-10/h10-11,14H,2-9H2,1H3. The smallest absolute Gasteiger partial charge is 0.310 e. The third-order valence-corrected chi connectivity index (χ3v) is 3.96. The van der Waals surface area contributed by atoms with E-state index in [1.54, 1.807) is 0 Å². The van der Waals surface area contributed by atoms with E-state index in [0.717, 1.165) is 45.3 Å². The van der Waals surface area contributed by atoms with Crippen LogP contribution in [-0.2, 0) is 14.3 Å². The molecule has 5 nitrogen and oxygen atoms in total. The maximum absolute atomic E-state index is 12.4. The third-order valence-electron chi connectivity index (χ3n) is 3.96. The van der Waals surface area contributed by atoms with Crippen molar-refractivity contribution in [3.8, 4) is 0 Å². The van der Waals surface area contributed by atoms with E-state index in [2.05, 4.69) is 5.32 Å². The summed E-state index contributed by atoms with van der Waals surface area (Å²) in [5, 5.41) is 3.26. The summed E-state index contributed by atoms with van der Waals surface area (Å²) < 4.78 is 4.78. The van der Waals surface area contributed by atoms with Crippen LogP contribution in [0.15, 0.2) is 0 Å². The molecule has 1 unspecified atom stereocenters. The van der Waals surface area contributed by atoms with Crippen LogP contribution < -0.4 is 5.32 Å². The van der Waals surface area contributed by atoms with E-state index in [1.807, 2.05) is 4.90 Å². The Hall–Kier alpha value is -1.10.